The summed E-state index contributed by atoms with van der Waals surface area (Å²) in [6, 6.07) is 9.25. The number of thiazole rings is 1. The second kappa shape index (κ2) is 6.40. The van der Waals surface area contributed by atoms with Gasteiger partial charge in [-0.25, -0.2) is 4.98 Å². The first kappa shape index (κ1) is 13.6. The fourth-order valence-electron chi connectivity index (χ4n) is 3.09. The van der Waals surface area contributed by atoms with Crippen molar-refractivity contribution in [3.8, 4) is 10.6 Å². The zero-order valence-electron chi connectivity index (χ0n) is 12.0. The lowest BCUT2D eigenvalue weighted by Gasteiger charge is -2.29. The van der Waals surface area contributed by atoms with E-state index in [1.807, 2.05) is 11.6 Å². The minimum atomic E-state index is 0.570. The number of hydrogen-bond acceptors (Lipinski definition) is 3. The molecule has 106 valence electrons. The van der Waals surface area contributed by atoms with Crippen molar-refractivity contribution in [2.45, 2.75) is 45.1 Å². The van der Waals surface area contributed by atoms with Crippen molar-refractivity contribution in [3.05, 3.63) is 35.8 Å². The molecule has 1 N–H and O–H groups in total. The van der Waals surface area contributed by atoms with Gasteiger partial charge in [-0.1, -0.05) is 19.3 Å². The third-order valence-corrected chi connectivity index (χ3v) is 5.14. The van der Waals surface area contributed by atoms with Gasteiger partial charge in [0.2, 0.25) is 0 Å². The van der Waals surface area contributed by atoms with Gasteiger partial charge in [0.1, 0.15) is 5.01 Å². The van der Waals surface area contributed by atoms with Gasteiger partial charge in [-0.3, -0.25) is 0 Å². The van der Waals surface area contributed by atoms with Crippen molar-refractivity contribution >= 4 is 17.0 Å². The Morgan fingerprint density at radius 2 is 1.90 bits per heavy atom. The van der Waals surface area contributed by atoms with E-state index in [0.717, 1.165) is 10.9 Å². The highest BCUT2D eigenvalue weighted by molar-refractivity contribution is 7.13. The van der Waals surface area contributed by atoms with Crippen LogP contribution in [0.4, 0.5) is 5.69 Å². The van der Waals surface area contributed by atoms with Crippen LogP contribution in [-0.2, 0) is 0 Å². The lowest BCUT2D eigenvalue weighted by atomic mass is 9.84. The van der Waals surface area contributed by atoms with Gasteiger partial charge in [0, 0.05) is 28.9 Å². The van der Waals surface area contributed by atoms with E-state index in [-0.39, 0.29) is 0 Å². The van der Waals surface area contributed by atoms with Crippen LogP contribution < -0.4 is 5.32 Å². The van der Waals surface area contributed by atoms with E-state index in [2.05, 4.69) is 41.5 Å². The number of nitrogens with one attached hydrogen (secondary N) is 1. The molecule has 1 atom stereocenters. The molecule has 0 radical (unpaired) electrons. The summed E-state index contributed by atoms with van der Waals surface area (Å²) in [5.41, 5.74) is 2.43. The summed E-state index contributed by atoms with van der Waals surface area (Å²) in [6.45, 7) is 2.32. The molecular formula is C17H22N2S. The van der Waals surface area contributed by atoms with Crippen LogP contribution >= 0.6 is 11.3 Å². The van der Waals surface area contributed by atoms with Crippen molar-refractivity contribution in [3.63, 3.8) is 0 Å². The van der Waals surface area contributed by atoms with Gasteiger partial charge in [-0.2, -0.15) is 0 Å². The molecule has 0 saturated heterocycles. The number of benzene rings is 1. The molecule has 2 nitrogen and oxygen atoms in total. The fourth-order valence-corrected chi connectivity index (χ4v) is 3.73. The van der Waals surface area contributed by atoms with Crippen molar-refractivity contribution in [1.82, 2.24) is 4.98 Å². The predicted octanol–water partition coefficient (Wildman–Crippen LogP) is 5.19. The van der Waals surface area contributed by atoms with Gasteiger partial charge < -0.3 is 5.32 Å². The molecule has 2 aromatic rings. The van der Waals surface area contributed by atoms with Gasteiger partial charge in [0.05, 0.1) is 0 Å². The maximum Gasteiger partial charge on any atom is 0.123 e. The van der Waals surface area contributed by atoms with Crippen LogP contribution in [0.25, 0.3) is 10.6 Å². The lowest BCUT2D eigenvalue weighted by molar-refractivity contribution is 0.328. The second-order valence-electron chi connectivity index (χ2n) is 5.75. The Balaban J connectivity index is 1.63. The Labute approximate surface area is 125 Å². The summed E-state index contributed by atoms with van der Waals surface area (Å²) < 4.78 is 0. The Morgan fingerprint density at radius 1 is 1.15 bits per heavy atom. The highest BCUT2D eigenvalue weighted by atomic mass is 32.1. The van der Waals surface area contributed by atoms with Crippen molar-refractivity contribution in [2.75, 3.05) is 5.32 Å². The molecule has 1 fully saturated rings. The molecule has 3 heteroatoms. The van der Waals surface area contributed by atoms with Crippen LogP contribution in [0.2, 0.25) is 0 Å². The summed E-state index contributed by atoms with van der Waals surface area (Å²) in [7, 11) is 0. The summed E-state index contributed by atoms with van der Waals surface area (Å²) >= 11 is 1.69. The quantitative estimate of drug-likeness (QED) is 0.836. The van der Waals surface area contributed by atoms with Crippen molar-refractivity contribution < 1.29 is 0 Å². The minimum Gasteiger partial charge on any atom is -0.382 e. The molecule has 3 rings (SSSR count). The SMILES string of the molecule is CC(Nc1ccc(-c2nccs2)cc1)C1CCCCC1. The van der Waals surface area contributed by atoms with E-state index >= 15 is 0 Å². The molecule has 1 saturated carbocycles. The molecule has 1 aromatic carbocycles. The molecule has 0 bridgehead atoms. The number of rotatable bonds is 4. The van der Waals surface area contributed by atoms with Crippen LogP contribution in [0.5, 0.6) is 0 Å². The monoisotopic (exact) mass is 286 g/mol. The summed E-state index contributed by atoms with van der Waals surface area (Å²) in [4.78, 5) is 4.35. The van der Waals surface area contributed by atoms with Crippen LogP contribution in [0.3, 0.4) is 0 Å². The summed E-state index contributed by atoms with van der Waals surface area (Å²) in [6.07, 6.45) is 8.85. The molecule has 1 heterocycles. The lowest BCUT2D eigenvalue weighted by Crippen LogP contribution is -2.27. The van der Waals surface area contributed by atoms with Crippen LogP contribution in [-0.4, -0.2) is 11.0 Å². The van der Waals surface area contributed by atoms with Gasteiger partial charge in [-0.05, 0) is 49.9 Å². The van der Waals surface area contributed by atoms with Crippen LogP contribution in [0, 0.1) is 5.92 Å². The smallest absolute Gasteiger partial charge is 0.123 e. The Bertz CT molecular complexity index is 512. The first-order chi connectivity index (χ1) is 9.83. The molecule has 20 heavy (non-hydrogen) atoms. The summed E-state index contributed by atoms with van der Waals surface area (Å²) in [5, 5.41) is 6.78. The standard InChI is InChI=1S/C17H22N2S/c1-13(14-5-3-2-4-6-14)19-16-9-7-15(8-10-16)17-18-11-12-20-17/h7-14,19H,2-6H2,1H3. The van der Waals surface area contributed by atoms with Gasteiger partial charge in [-0.15, -0.1) is 11.3 Å². The molecule has 1 aliphatic carbocycles. The molecule has 1 unspecified atom stereocenters. The number of aromatic nitrogens is 1. The van der Waals surface area contributed by atoms with E-state index in [0.29, 0.717) is 6.04 Å². The van der Waals surface area contributed by atoms with Crippen LogP contribution in [0.1, 0.15) is 39.0 Å². The molecule has 0 aliphatic heterocycles. The van der Waals surface area contributed by atoms with E-state index < -0.39 is 0 Å². The van der Waals surface area contributed by atoms with Gasteiger partial charge in [0.25, 0.3) is 0 Å². The first-order valence-corrected chi connectivity index (χ1v) is 8.47. The van der Waals surface area contributed by atoms with E-state index in [1.54, 1.807) is 11.3 Å². The van der Waals surface area contributed by atoms with Crippen molar-refractivity contribution in [2.24, 2.45) is 5.92 Å². The van der Waals surface area contributed by atoms with Gasteiger partial charge in [0.15, 0.2) is 0 Å². The highest BCUT2D eigenvalue weighted by Gasteiger charge is 2.19. The van der Waals surface area contributed by atoms with Crippen molar-refractivity contribution in [1.29, 1.82) is 0 Å². The Kier molecular flexibility index (Phi) is 4.36. The average molecular weight is 286 g/mol. The molecular weight excluding hydrogens is 264 g/mol. The van der Waals surface area contributed by atoms with Crippen LogP contribution in [0.15, 0.2) is 35.8 Å². The molecule has 0 amide bonds. The minimum absolute atomic E-state index is 0.570. The average Bonchev–Trinajstić information content (AvgIpc) is 3.03. The third kappa shape index (κ3) is 3.21. The largest absolute Gasteiger partial charge is 0.382 e. The molecule has 1 aliphatic rings. The highest BCUT2D eigenvalue weighted by Crippen LogP contribution is 2.29. The predicted molar refractivity (Wildman–Crippen MR) is 87.2 cm³/mol. The molecule has 1 aromatic heterocycles. The number of hydrogen-bond donors (Lipinski definition) is 1. The van der Waals surface area contributed by atoms with E-state index in [4.69, 9.17) is 0 Å². The summed E-state index contributed by atoms with van der Waals surface area (Å²) in [5.74, 6) is 0.836. The number of nitrogens with zero attached hydrogens (tertiary/aromatic N) is 1. The van der Waals surface area contributed by atoms with Gasteiger partial charge >= 0.3 is 0 Å². The fraction of sp³-hybridized carbons (Fsp3) is 0.471. The normalized spacial score (nSPS) is 17.9. The maximum absolute atomic E-state index is 4.35. The number of anilines is 1. The Morgan fingerprint density at radius 3 is 2.55 bits per heavy atom. The molecule has 0 spiro atoms. The maximum atomic E-state index is 4.35. The Hall–Kier alpha value is -1.35. The third-order valence-electron chi connectivity index (χ3n) is 4.32. The first-order valence-electron chi connectivity index (χ1n) is 7.59. The second-order valence-corrected chi connectivity index (χ2v) is 6.64. The van der Waals surface area contributed by atoms with E-state index in [1.165, 1.54) is 43.4 Å². The van der Waals surface area contributed by atoms with E-state index in [9.17, 15) is 0 Å². The zero-order valence-corrected chi connectivity index (χ0v) is 12.8. The zero-order chi connectivity index (χ0) is 13.8. The topological polar surface area (TPSA) is 24.9 Å².